The molecule has 0 saturated carbocycles. The topological polar surface area (TPSA) is 64.3 Å². The van der Waals surface area contributed by atoms with Crippen molar-refractivity contribution in [3.63, 3.8) is 0 Å². The summed E-state index contributed by atoms with van der Waals surface area (Å²) in [6, 6.07) is 7.92. The first kappa shape index (κ1) is 16.5. The van der Waals surface area contributed by atoms with Gasteiger partial charge in [0, 0.05) is 6.54 Å². The van der Waals surface area contributed by atoms with Crippen LogP contribution in [0.15, 0.2) is 24.3 Å². The van der Waals surface area contributed by atoms with Gasteiger partial charge in [0.15, 0.2) is 0 Å². The molecule has 1 aromatic rings. The summed E-state index contributed by atoms with van der Waals surface area (Å²) >= 11 is 0. The SMILES string of the molecule is CC(C)c1ccc([C@H](CN)NC(=O)OC(C)(C)C)cc1. The second kappa shape index (κ2) is 6.75. The Morgan fingerprint density at radius 1 is 1.20 bits per heavy atom. The van der Waals surface area contributed by atoms with E-state index in [1.54, 1.807) is 0 Å². The number of carbonyl (C=O) groups is 1. The van der Waals surface area contributed by atoms with Crippen molar-refractivity contribution in [3.8, 4) is 0 Å². The molecule has 4 nitrogen and oxygen atoms in total. The summed E-state index contributed by atoms with van der Waals surface area (Å²) in [5.41, 5.74) is 7.49. The highest BCUT2D eigenvalue weighted by Gasteiger charge is 2.19. The van der Waals surface area contributed by atoms with Gasteiger partial charge in [0.1, 0.15) is 5.60 Å². The van der Waals surface area contributed by atoms with E-state index < -0.39 is 11.7 Å². The minimum absolute atomic E-state index is 0.230. The number of alkyl carbamates (subject to hydrolysis) is 1. The molecule has 4 heteroatoms. The number of benzene rings is 1. The van der Waals surface area contributed by atoms with Gasteiger partial charge in [-0.05, 0) is 37.8 Å². The van der Waals surface area contributed by atoms with Crippen molar-refractivity contribution in [3.05, 3.63) is 35.4 Å². The van der Waals surface area contributed by atoms with Crippen LogP contribution in [0.2, 0.25) is 0 Å². The van der Waals surface area contributed by atoms with Gasteiger partial charge in [-0.25, -0.2) is 4.79 Å². The van der Waals surface area contributed by atoms with E-state index in [0.29, 0.717) is 12.5 Å². The Balaban J connectivity index is 2.73. The van der Waals surface area contributed by atoms with Crippen LogP contribution in [0.25, 0.3) is 0 Å². The number of amides is 1. The molecule has 0 saturated heterocycles. The molecule has 0 bridgehead atoms. The van der Waals surface area contributed by atoms with Crippen molar-refractivity contribution in [2.75, 3.05) is 6.54 Å². The van der Waals surface area contributed by atoms with Crippen LogP contribution in [0.4, 0.5) is 4.79 Å². The van der Waals surface area contributed by atoms with E-state index in [0.717, 1.165) is 5.56 Å². The van der Waals surface area contributed by atoms with Crippen LogP contribution < -0.4 is 11.1 Å². The lowest BCUT2D eigenvalue weighted by Crippen LogP contribution is -2.37. The molecular weight excluding hydrogens is 252 g/mol. The first-order valence-corrected chi connectivity index (χ1v) is 7.02. The third kappa shape index (κ3) is 5.21. The van der Waals surface area contributed by atoms with Crippen LogP contribution in [-0.4, -0.2) is 18.2 Å². The minimum atomic E-state index is -0.509. The van der Waals surface area contributed by atoms with E-state index in [2.05, 4.69) is 31.3 Å². The van der Waals surface area contributed by atoms with Crippen molar-refractivity contribution < 1.29 is 9.53 Å². The first-order chi connectivity index (χ1) is 9.23. The lowest BCUT2D eigenvalue weighted by molar-refractivity contribution is 0.0505. The molecule has 3 N–H and O–H groups in total. The van der Waals surface area contributed by atoms with Crippen molar-refractivity contribution in [1.29, 1.82) is 0 Å². The van der Waals surface area contributed by atoms with Crippen molar-refractivity contribution >= 4 is 6.09 Å². The molecule has 0 aliphatic carbocycles. The normalized spacial score (nSPS) is 13.2. The molecule has 0 aromatic heterocycles. The maximum atomic E-state index is 11.8. The number of ether oxygens (including phenoxy) is 1. The van der Waals surface area contributed by atoms with E-state index in [4.69, 9.17) is 10.5 Å². The number of nitrogens with one attached hydrogen (secondary N) is 1. The Labute approximate surface area is 121 Å². The molecule has 20 heavy (non-hydrogen) atoms. The highest BCUT2D eigenvalue weighted by atomic mass is 16.6. The molecule has 112 valence electrons. The van der Waals surface area contributed by atoms with Gasteiger partial charge in [0.05, 0.1) is 6.04 Å². The Bertz CT molecular complexity index is 433. The van der Waals surface area contributed by atoms with Crippen LogP contribution in [0.5, 0.6) is 0 Å². The number of nitrogens with two attached hydrogens (primary N) is 1. The fraction of sp³-hybridized carbons (Fsp3) is 0.562. The molecule has 0 aliphatic heterocycles. The fourth-order valence-electron chi connectivity index (χ4n) is 1.84. The van der Waals surface area contributed by atoms with Crippen LogP contribution in [0.1, 0.15) is 57.7 Å². The molecule has 0 unspecified atom stereocenters. The summed E-state index contributed by atoms with van der Waals surface area (Å²) in [7, 11) is 0. The Morgan fingerprint density at radius 2 is 1.70 bits per heavy atom. The summed E-state index contributed by atoms with van der Waals surface area (Å²) in [5.74, 6) is 0.485. The zero-order valence-electron chi connectivity index (χ0n) is 13.1. The molecule has 1 aromatic carbocycles. The highest BCUT2D eigenvalue weighted by Crippen LogP contribution is 2.19. The summed E-state index contributed by atoms with van der Waals surface area (Å²) in [4.78, 5) is 11.8. The van der Waals surface area contributed by atoms with Crippen LogP contribution in [0.3, 0.4) is 0 Å². The van der Waals surface area contributed by atoms with Gasteiger partial charge in [-0.2, -0.15) is 0 Å². The Kier molecular flexibility index (Phi) is 5.57. The minimum Gasteiger partial charge on any atom is -0.444 e. The zero-order valence-corrected chi connectivity index (χ0v) is 13.1. The summed E-state index contributed by atoms with van der Waals surface area (Å²) in [6.45, 7) is 10.1. The van der Waals surface area contributed by atoms with Crippen molar-refractivity contribution in [2.24, 2.45) is 5.73 Å². The maximum Gasteiger partial charge on any atom is 0.408 e. The molecule has 0 spiro atoms. The summed E-state index contributed by atoms with van der Waals surface area (Å²) in [6.07, 6.45) is -0.444. The van der Waals surface area contributed by atoms with Gasteiger partial charge >= 0.3 is 6.09 Å². The largest absolute Gasteiger partial charge is 0.444 e. The second-order valence-corrected chi connectivity index (χ2v) is 6.26. The molecule has 0 heterocycles. The van der Waals surface area contributed by atoms with Crippen molar-refractivity contribution in [2.45, 2.75) is 52.2 Å². The lowest BCUT2D eigenvalue weighted by Gasteiger charge is -2.23. The number of rotatable bonds is 4. The number of hydrogen-bond donors (Lipinski definition) is 2. The average Bonchev–Trinajstić information content (AvgIpc) is 2.34. The predicted molar refractivity (Wildman–Crippen MR) is 81.7 cm³/mol. The van der Waals surface area contributed by atoms with Crippen LogP contribution >= 0.6 is 0 Å². The van der Waals surface area contributed by atoms with Gasteiger partial charge in [-0.15, -0.1) is 0 Å². The summed E-state index contributed by atoms with van der Waals surface area (Å²) in [5, 5.41) is 2.80. The Hall–Kier alpha value is -1.55. The van der Waals surface area contributed by atoms with Gasteiger partial charge in [-0.1, -0.05) is 38.1 Å². The van der Waals surface area contributed by atoms with E-state index in [1.807, 2.05) is 32.9 Å². The standard InChI is InChI=1S/C16H26N2O2/c1-11(2)12-6-8-13(9-7-12)14(10-17)18-15(19)20-16(3,4)5/h6-9,11,14H,10,17H2,1-5H3,(H,18,19)/t14-/m0/s1. The Morgan fingerprint density at radius 3 is 2.10 bits per heavy atom. The summed E-state index contributed by atoms with van der Waals surface area (Å²) < 4.78 is 5.25. The molecule has 0 aliphatic rings. The van der Waals surface area contributed by atoms with Crippen LogP contribution in [-0.2, 0) is 4.74 Å². The van der Waals surface area contributed by atoms with Gasteiger partial charge < -0.3 is 15.8 Å². The molecule has 1 atom stereocenters. The monoisotopic (exact) mass is 278 g/mol. The van der Waals surface area contributed by atoms with E-state index >= 15 is 0 Å². The number of hydrogen-bond acceptors (Lipinski definition) is 3. The first-order valence-electron chi connectivity index (χ1n) is 7.02. The third-order valence-electron chi connectivity index (χ3n) is 2.93. The zero-order chi connectivity index (χ0) is 15.3. The van der Waals surface area contributed by atoms with Gasteiger partial charge in [0.2, 0.25) is 0 Å². The van der Waals surface area contributed by atoms with E-state index in [-0.39, 0.29) is 6.04 Å². The highest BCUT2D eigenvalue weighted by molar-refractivity contribution is 5.68. The molecule has 0 fully saturated rings. The number of carbonyl (C=O) groups excluding carboxylic acids is 1. The van der Waals surface area contributed by atoms with Crippen LogP contribution in [0, 0.1) is 0 Å². The van der Waals surface area contributed by atoms with E-state index in [9.17, 15) is 4.79 Å². The maximum absolute atomic E-state index is 11.8. The smallest absolute Gasteiger partial charge is 0.408 e. The van der Waals surface area contributed by atoms with Crippen molar-refractivity contribution in [1.82, 2.24) is 5.32 Å². The molecule has 1 amide bonds. The predicted octanol–water partition coefficient (Wildman–Crippen LogP) is 3.33. The second-order valence-electron chi connectivity index (χ2n) is 6.26. The third-order valence-corrected chi connectivity index (χ3v) is 2.93. The average molecular weight is 278 g/mol. The molecule has 1 rings (SSSR count). The van der Waals surface area contributed by atoms with Gasteiger partial charge in [-0.3, -0.25) is 0 Å². The quantitative estimate of drug-likeness (QED) is 0.888. The fourth-order valence-corrected chi connectivity index (χ4v) is 1.84. The molecule has 0 radical (unpaired) electrons. The van der Waals surface area contributed by atoms with Gasteiger partial charge in [0.25, 0.3) is 0 Å². The lowest BCUT2D eigenvalue weighted by atomic mass is 9.99. The van der Waals surface area contributed by atoms with E-state index in [1.165, 1.54) is 5.56 Å². The molecular formula is C16H26N2O2.